The van der Waals surface area contributed by atoms with Gasteiger partial charge in [-0.1, -0.05) is 33.1 Å². The summed E-state index contributed by atoms with van der Waals surface area (Å²) in [5.74, 6) is 1.64. The molecule has 1 aromatic rings. The van der Waals surface area contributed by atoms with Crippen LogP contribution in [0, 0.1) is 12.8 Å². The number of nitrogens with one attached hydrogen (secondary N) is 2. The summed E-state index contributed by atoms with van der Waals surface area (Å²) in [6, 6.07) is 0. The Balaban J connectivity index is 2.25. The maximum atomic E-state index is 4.38. The molecule has 0 amide bonds. The van der Waals surface area contributed by atoms with Gasteiger partial charge >= 0.3 is 0 Å². The second kappa shape index (κ2) is 10.6. The first-order chi connectivity index (χ1) is 10.2. The number of rotatable bonds is 9. The highest BCUT2D eigenvalue weighted by Gasteiger charge is 2.07. The van der Waals surface area contributed by atoms with E-state index in [2.05, 4.69) is 41.4 Å². The molecular weight excluding hydrogens is 280 g/mol. The first-order valence-corrected chi connectivity index (χ1v) is 8.87. The summed E-state index contributed by atoms with van der Waals surface area (Å²) in [4.78, 5) is 9.94. The zero-order valence-corrected chi connectivity index (χ0v) is 14.7. The summed E-state index contributed by atoms with van der Waals surface area (Å²) >= 11 is 1.77. The summed E-state index contributed by atoms with van der Waals surface area (Å²) in [5, 5.41) is 8.00. The Morgan fingerprint density at radius 1 is 1.38 bits per heavy atom. The number of aryl methyl sites for hydroxylation is 1. The van der Waals surface area contributed by atoms with Crippen LogP contribution in [0.4, 0.5) is 0 Å². The van der Waals surface area contributed by atoms with Crippen LogP contribution in [0.25, 0.3) is 0 Å². The number of unbranched alkanes of at least 4 members (excludes halogenated alkanes) is 1. The third kappa shape index (κ3) is 7.46. The molecule has 0 spiro atoms. The largest absolute Gasteiger partial charge is 0.356 e. The Morgan fingerprint density at radius 3 is 2.76 bits per heavy atom. The molecule has 1 rings (SSSR count). The normalized spacial score (nSPS) is 13.2. The van der Waals surface area contributed by atoms with Gasteiger partial charge in [0.2, 0.25) is 0 Å². The number of guanidine groups is 1. The molecule has 5 heteroatoms. The van der Waals surface area contributed by atoms with Gasteiger partial charge in [0.25, 0.3) is 0 Å². The van der Waals surface area contributed by atoms with E-state index in [-0.39, 0.29) is 0 Å². The number of hydrogen-bond donors (Lipinski definition) is 2. The molecule has 21 heavy (non-hydrogen) atoms. The van der Waals surface area contributed by atoms with Crippen LogP contribution in [0.15, 0.2) is 11.2 Å². The van der Waals surface area contributed by atoms with E-state index >= 15 is 0 Å². The van der Waals surface area contributed by atoms with Crippen molar-refractivity contribution in [2.24, 2.45) is 10.9 Å². The van der Waals surface area contributed by atoms with Crippen LogP contribution >= 0.6 is 11.3 Å². The van der Waals surface area contributed by atoms with Gasteiger partial charge in [-0.25, -0.2) is 4.98 Å². The minimum atomic E-state index is 0.741. The molecule has 120 valence electrons. The van der Waals surface area contributed by atoms with Crippen LogP contribution in [0.2, 0.25) is 0 Å². The summed E-state index contributed by atoms with van der Waals surface area (Å²) in [6.45, 7) is 8.49. The molecule has 0 aliphatic carbocycles. The number of aliphatic imine (C=N–C) groups is 1. The maximum Gasteiger partial charge on any atom is 0.190 e. The molecular formula is C16H30N4S. The van der Waals surface area contributed by atoms with Gasteiger partial charge in [0.1, 0.15) is 0 Å². The highest BCUT2D eigenvalue weighted by atomic mass is 32.1. The van der Waals surface area contributed by atoms with E-state index < -0.39 is 0 Å². The van der Waals surface area contributed by atoms with Gasteiger partial charge in [-0.05, 0) is 19.3 Å². The van der Waals surface area contributed by atoms with Crippen molar-refractivity contribution in [3.63, 3.8) is 0 Å². The molecule has 0 radical (unpaired) electrons. The number of nitrogens with zero attached hydrogens (tertiary/aromatic N) is 2. The van der Waals surface area contributed by atoms with Crippen LogP contribution < -0.4 is 10.6 Å². The standard InChI is InChI=1S/C16H30N4S/c1-5-7-8-14(6-2)12-20-16(17-4)18-10-9-15-19-11-13(3)21-15/h11,14H,5-10,12H2,1-4H3,(H2,17,18,20). The van der Waals surface area contributed by atoms with Crippen LogP contribution in [-0.2, 0) is 6.42 Å². The van der Waals surface area contributed by atoms with Crippen molar-refractivity contribution in [1.29, 1.82) is 0 Å². The predicted octanol–water partition coefficient (Wildman–Crippen LogP) is 3.38. The molecule has 0 aromatic carbocycles. The lowest BCUT2D eigenvalue weighted by molar-refractivity contribution is 0.444. The monoisotopic (exact) mass is 310 g/mol. The first-order valence-electron chi connectivity index (χ1n) is 8.05. The summed E-state index contributed by atoms with van der Waals surface area (Å²) in [6.07, 6.45) is 8.00. The van der Waals surface area contributed by atoms with Gasteiger partial charge in [0, 0.05) is 37.6 Å². The van der Waals surface area contributed by atoms with Crippen molar-refractivity contribution in [3.8, 4) is 0 Å². The van der Waals surface area contributed by atoms with E-state index in [1.807, 2.05) is 13.2 Å². The average molecular weight is 311 g/mol. The molecule has 0 bridgehead atoms. The Hall–Kier alpha value is -1.10. The maximum absolute atomic E-state index is 4.38. The third-order valence-electron chi connectivity index (χ3n) is 3.63. The Labute approximate surface area is 133 Å². The SMILES string of the molecule is CCCCC(CC)CNC(=NC)NCCc1ncc(C)s1. The second-order valence-corrected chi connectivity index (χ2v) is 6.73. The van der Waals surface area contributed by atoms with E-state index in [9.17, 15) is 0 Å². The lowest BCUT2D eigenvalue weighted by Gasteiger charge is -2.17. The Kier molecular flexibility index (Phi) is 9.06. The van der Waals surface area contributed by atoms with Gasteiger partial charge in [-0.2, -0.15) is 0 Å². The van der Waals surface area contributed by atoms with Crippen molar-refractivity contribution in [1.82, 2.24) is 15.6 Å². The van der Waals surface area contributed by atoms with Gasteiger partial charge < -0.3 is 10.6 Å². The minimum Gasteiger partial charge on any atom is -0.356 e. The van der Waals surface area contributed by atoms with Gasteiger partial charge in [-0.3, -0.25) is 4.99 Å². The molecule has 0 aliphatic heterocycles. The van der Waals surface area contributed by atoms with Crippen molar-refractivity contribution >= 4 is 17.3 Å². The fourth-order valence-corrected chi connectivity index (χ4v) is 3.00. The van der Waals surface area contributed by atoms with E-state index in [4.69, 9.17) is 0 Å². The van der Waals surface area contributed by atoms with Gasteiger partial charge in [0.15, 0.2) is 5.96 Å². The van der Waals surface area contributed by atoms with Crippen LogP contribution in [0.5, 0.6) is 0 Å². The molecule has 0 saturated heterocycles. The Bertz CT molecular complexity index is 414. The van der Waals surface area contributed by atoms with Gasteiger partial charge in [0.05, 0.1) is 5.01 Å². The highest BCUT2D eigenvalue weighted by molar-refractivity contribution is 7.11. The van der Waals surface area contributed by atoms with Crippen LogP contribution in [0.3, 0.4) is 0 Å². The van der Waals surface area contributed by atoms with Crippen molar-refractivity contribution in [3.05, 3.63) is 16.1 Å². The molecule has 0 aliphatic rings. The first kappa shape index (κ1) is 18.0. The molecule has 1 aromatic heterocycles. The van der Waals surface area contributed by atoms with E-state index in [1.165, 1.54) is 35.6 Å². The topological polar surface area (TPSA) is 49.3 Å². The highest BCUT2D eigenvalue weighted by Crippen LogP contribution is 2.12. The number of thiazole rings is 1. The minimum absolute atomic E-state index is 0.741. The summed E-state index contributed by atoms with van der Waals surface area (Å²) in [5.41, 5.74) is 0. The molecule has 0 saturated carbocycles. The van der Waals surface area contributed by atoms with Gasteiger partial charge in [-0.15, -0.1) is 11.3 Å². The summed E-state index contributed by atoms with van der Waals surface area (Å²) in [7, 11) is 1.83. The zero-order chi connectivity index (χ0) is 15.5. The molecule has 2 N–H and O–H groups in total. The fourth-order valence-electron chi connectivity index (χ4n) is 2.21. The van der Waals surface area contributed by atoms with E-state index in [0.717, 1.165) is 31.4 Å². The summed E-state index contributed by atoms with van der Waals surface area (Å²) < 4.78 is 0. The van der Waals surface area contributed by atoms with Crippen LogP contribution in [-0.4, -0.2) is 31.1 Å². The molecule has 1 atom stereocenters. The predicted molar refractivity (Wildman–Crippen MR) is 93.2 cm³/mol. The third-order valence-corrected chi connectivity index (χ3v) is 4.60. The lowest BCUT2D eigenvalue weighted by Crippen LogP contribution is -2.40. The van der Waals surface area contributed by atoms with E-state index in [0.29, 0.717) is 0 Å². The van der Waals surface area contributed by atoms with E-state index in [1.54, 1.807) is 11.3 Å². The van der Waals surface area contributed by atoms with Crippen LogP contribution in [0.1, 0.15) is 49.4 Å². The van der Waals surface area contributed by atoms with Crippen molar-refractivity contribution in [2.75, 3.05) is 20.1 Å². The molecule has 1 heterocycles. The molecule has 0 fully saturated rings. The smallest absolute Gasteiger partial charge is 0.190 e. The number of hydrogen-bond acceptors (Lipinski definition) is 3. The fraction of sp³-hybridized carbons (Fsp3) is 0.750. The number of aromatic nitrogens is 1. The average Bonchev–Trinajstić information content (AvgIpc) is 2.91. The van der Waals surface area contributed by atoms with Crippen molar-refractivity contribution < 1.29 is 0 Å². The Morgan fingerprint density at radius 2 is 2.19 bits per heavy atom. The zero-order valence-electron chi connectivity index (χ0n) is 13.9. The second-order valence-electron chi connectivity index (χ2n) is 5.41. The molecule has 4 nitrogen and oxygen atoms in total. The van der Waals surface area contributed by atoms with Crippen molar-refractivity contribution in [2.45, 2.75) is 52.9 Å². The molecule has 1 unspecified atom stereocenters. The quantitative estimate of drug-likeness (QED) is 0.543. The lowest BCUT2D eigenvalue weighted by atomic mass is 9.99.